The van der Waals surface area contributed by atoms with Crippen LogP contribution in [0.4, 0.5) is 0 Å². The number of fused-ring (bicyclic) bond motifs is 3. The van der Waals surface area contributed by atoms with Gasteiger partial charge in [-0.05, 0) is 36.8 Å². The SMILES string of the molecule is COC(=O)CC1CCn2c1c(Sc1ccc(Cl)cc1)c1c(S(C)(=O)=O)cc(OC)cc12. The number of hydrogen-bond acceptors (Lipinski definition) is 6. The Hall–Kier alpha value is -2.16. The van der Waals surface area contributed by atoms with Crippen molar-refractivity contribution in [2.45, 2.75) is 40.0 Å². The monoisotopic (exact) mass is 479 g/mol. The molecule has 0 amide bonds. The van der Waals surface area contributed by atoms with E-state index in [1.807, 2.05) is 18.2 Å². The largest absolute Gasteiger partial charge is 0.497 e. The van der Waals surface area contributed by atoms with E-state index in [9.17, 15) is 13.2 Å². The van der Waals surface area contributed by atoms with Crippen molar-refractivity contribution in [2.75, 3.05) is 20.5 Å². The van der Waals surface area contributed by atoms with Crippen molar-refractivity contribution in [3.05, 3.63) is 47.1 Å². The van der Waals surface area contributed by atoms with Gasteiger partial charge in [0.15, 0.2) is 9.84 Å². The van der Waals surface area contributed by atoms with Crippen molar-refractivity contribution in [2.24, 2.45) is 0 Å². The number of carbonyl (C=O) groups excluding carboxylic acids is 1. The van der Waals surface area contributed by atoms with Crippen LogP contribution in [-0.4, -0.2) is 39.4 Å². The van der Waals surface area contributed by atoms with E-state index in [4.69, 9.17) is 21.1 Å². The maximum Gasteiger partial charge on any atom is 0.306 e. The Morgan fingerprint density at radius 1 is 1.23 bits per heavy atom. The topological polar surface area (TPSA) is 74.6 Å². The van der Waals surface area contributed by atoms with Gasteiger partial charge in [0.1, 0.15) is 5.75 Å². The summed E-state index contributed by atoms with van der Waals surface area (Å²) in [6.07, 6.45) is 2.22. The summed E-state index contributed by atoms with van der Waals surface area (Å²) in [5, 5.41) is 1.29. The lowest BCUT2D eigenvalue weighted by atomic mass is 10.00. The lowest BCUT2D eigenvalue weighted by molar-refractivity contribution is -0.141. The van der Waals surface area contributed by atoms with Gasteiger partial charge < -0.3 is 14.0 Å². The summed E-state index contributed by atoms with van der Waals surface area (Å²) in [4.78, 5) is 14.0. The second-order valence-electron chi connectivity index (χ2n) is 7.48. The zero-order valence-electron chi connectivity index (χ0n) is 17.3. The zero-order valence-corrected chi connectivity index (χ0v) is 19.7. The molecule has 1 aromatic heterocycles. The quantitative estimate of drug-likeness (QED) is 0.468. The molecular formula is C22H22ClNO5S2. The smallest absolute Gasteiger partial charge is 0.306 e. The van der Waals surface area contributed by atoms with Gasteiger partial charge in [0.05, 0.1) is 31.1 Å². The molecule has 1 unspecified atom stereocenters. The molecule has 2 heterocycles. The number of hydrogen-bond donors (Lipinski definition) is 0. The third kappa shape index (κ3) is 4.16. The number of aromatic nitrogens is 1. The average Bonchev–Trinajstić information content (AvgIpc) is 3.27. The Kier molecular flexibility index (Phi) is 5.98. The molecule has 0 saturated heterocycles. The molecule has 3 aromatic rings. The van der Waals surface area contributed by atoms with E-state index >= 15 is 0 Å². The van der Waals surface area contributed by atoms with Crippen LogP contribution in [0.5, 0.6) is 5.75 Å². The van der Waals surface area contributed by atoms with Crippen molar-refractivity contribution >= 4 is 50.1 Å². The molecule has 0 N–H and O–H groups in total. The van der Waals surface area contributed by atoms with Gasteiger partial charge >= 0.3 is 5.97 Å². The molecule has 2 aromatic carbocycles. The Morgan fingerprint density at radius 3 is 2.55 bits per heavy atom. The molecule has 0 aliphatic carbocycles. The van der Waals surface area contributed by atoms with E-state index in [1.165, 1.54) is 32.2 Å². The first kappa shape index (κ1) is 22.0. The number of nitrogens with zero attached hydrogens (tertiary/aromatic N) is 1. The second-order valence-corrected chi connectivity index (χ2v) is 11.0. The molecule has 1 atom stereocenters. The van der Waals surface area contributed by atoms with Crippen LogP contribution in [0.2, 0.25) is 5.02 Å². The van der Waals surface area contributed by atoms with Crippen molar-refractivity contribution in [1.82, 2.24) is 4.57 Å². The molecule has 0 radical (unpaired) electrons. The van der Waals surface area contributed by atoms with Gasteiger partial charge in [-0.1, -0.05) is 23.4 Å². The molecule has 31 heavy (non-hydrogen) atoms. The average molecular weight is 480 g/mol. The molecule has 6 nitrogen and oxygen atoms in total. The van der Waals surface area contributed by atoms with Gasteiger partial charge in [-0.25, -0.2) is 8.42 Å². The van der Waals surface area contributed by atoms with Gasteiger partial charge in [0.25, 0.3) is 0 Å². The number of carbonyl (C=O) groups is 1. The molecule has 0 saturated carbocycles. The minimum Gasteiger partial charge on any atom is -0.497 e. The zero-order chi connectivity index (χ0) is 22.3. The molecule has 0 fully saturated rings. The van der Waals surface area contributed by atoms with Crippen molar-refractivity contribution in [1.29, 1.82) is 0 Å². The van der Waals surface area contributed by atoms with Crippen molar-refractivity contribution in [3.8, 4) is 5.75 Å². The minimum atomic E-state index is -3.54. The van der Waals surface area contributed by atoms with Gasteiger partial charge in [0, 0.05) is 50.7 Å². The third-order valence-electron chi connectivity index (χ3n) is 5.49. The molecule has 1 aliphatic rings. The Labute approximate surface area is 190 Å². The number of methoxy groups -OCH3 is 2. The summed E-state index contributed by atoms with van der Waals surface area (Å²) in [5.74, 6) is 0.132. The number of halogens is 1. The highest BCUT2D eigenvalue weighted by atomic mass is 35.5. The number of sulfone groups is 1. The summed E-state index contributed by atoms with van der Waals surface area (Å²) in [7, 11) is -0.640. The van der Waals surface area contributed by atoms with Crippen LogP contribution in [0.1, 0.15) is 24.5 Å². The Balaban J connectivity index is 2.00. The van der Waals surface area contributed by atoms with Crippen LogP contribution in [0.15, 0.2) is 51.1 Å². The van der Waals surface area contributed by atoms with Gasteiger partial charge in [-0.15, -0.1) is 0 Å². The second kappa shape index (κ2) is 8.41. The fourth-order valence-electron chi connectivity index (χ4n) is 4.08. The summed E-state index contributed by atoms with van der Waals surface area (Å²) < 4.78 is 37.9. The van der Waals surface area contributed by atoms with Crippen LogP contribution in [0.25, 0.3) is 10.9 Å². The molecular weight excluding hydrogens is 458 g/mol. The first-order chi connectivity index (χ1) is 14.7. The molecule has 0 spiro atoms. The lowest BCUT2D eigenvalue weighted by Crippen LogP contribution is -2.07. The summed E-state index contributed by atoms with van der Waals surface area (Å²) >= 11 is 7.52. The number of ether oxygens (including phenoxy) is 2. The van der Waals surface area contributed by atoms with E-state index < -0.39 is 9.84 Å². The van der Waals surface area contributed by atoms with E-state index in [0.717, 1.165) is 27.4 Å². The number of benzene rings is 2. The van der Waals surface area contributed by atoms with Crippen LogP contribution in [0.3, 0.4) is 0 Å². The standard InChI is InChI=1S/C22H22ClNO5S2/c1-28-15-11-17-20(18(12-15)31(3,26)27)22(30-16-6-4-14(23)5-7-16)21-13(8-9-24(17)21)10-19(25)29-2/h4-7,11-13H,8-10H2,1-3H3. The molecule has 4 rings (SSSR count). The van der Waals surface area contributed by atoms with Crippen molar-refractivity contribution < 1.29 is 22.7 Å². The van der Waals surface area contributed by atoms with E-state index in [0.29, 0.717) is 22.7 Å². The first-order valence-electron chi connectivity index (χ1n) is 9.67. The first-order valence-corrected chi connectivity index (χ1v) is 12.8. The number of rotatable bonds is 6. The van der Waals surface area contributed by atoms with Gasteiger partial charge in [0.2, 0.25) is 0 Å². The molecule has 1 aliphatic heterocycles. The van der Waals surface area contributed by atoms with Crippen LogP contribution in [-0.2, 0) is 25.9 Å². The summed E-state index contributed by atoms with van der Waals surface area (Å²) in [6.45, 7) is 0.686. The predicted molar refractivity (Wildman–Crippen MR) is 121 cm³/mol. The van der Waals surface area contributed by atoms with Gasteiger partial charge in [-0.2, -0.15) is 0 Å². The highest BCUT2D eigenvalue weighted by Gasteiger charge is 2.34. The van der Waals surface area contributed by atoms with Crippen LogP contribution in [0, 0.1) is 0 Å². The molecule has 9 heteroatoms. The summed E-state index contributed by atoms with van der Waals surface area (Å²) in [6, 6.07) is 10.8. The van der Waals surface area contributed by atoms with E-state index in [1.54, 1.807) is 18.2 Å². The highest BCUT2D eigenvalue weighted by Crippen LogP contribution is 2.49. The fraction of sp³-hybridized carbons (Fsp3) is 0.318. The van der Waals surface area contributed by atoms with Crippen LogP contribution >= 0.6 is 23.4 Å². The Morgan fingerprint density at radius 2 is 1.94 bits per heavy atom. The Bertz CT molecular complexity index is 1270. The maximum atomic E-state index is 12.7. The normalized spacial score (nSPS) is 15.8. The molecule has 0 bridgehead atoms. The highest BCUT2D eigenvalue weighted by molar-refractivity contribution is 7.99. The third-order valence-corrected chi connectivity index (χ3v) is 7.99. The number of aryl methyl sites for hydroxylation is 1. The predicted octanol–water partition coefficient (Wildman–Crippen LogP) is 4.91. The fourth-order valence-corrected chi connectivity index (χ4v) is 6.39. The minimum absolute atomic E-state index is 0.0620. The molecule has 164 valence electrons. The van der Waals surface area contributed by atoms with Crippen LogP contribution < -0.4 is 4.74 Å². The lowest BCUT2D eigenvalue weighted by Gasteiger charge is -2.12. The van der Waals surface area contributed by atoms with E-state index in [2.05, 4.69) is 4.57 Å². The van der Waals surface area contributed by atoms with E-state index in [-0.39, 0.29) is 23.2 Å². The van der Waals surface area contributed by atoms with Crippen molar-refractivity contribution in [3.63, 3.8) is 0 Å². The van der Waals surface area contributed by atoms with Gasteiger partial charge in [-0.3, -0.25) is 4.79 Å². The number of esters is 1. The summed E-state index contributed by atoms with van der Waals surface area (Å²) in [5.41, 5.74) is 1.75. The maximum absolute atomic E-state index is 12.7.